The van der Waals surface area contributed by atoms with Crippen LogP contribution in [0.1, 0.15) is 11.1 Å². The third-order valence-corrected chi connectivity index (χ3v) is 2.04. The number of rotatable bonds is 1. The molecule has 0 heterocycles. The summed E-state index contributed by atoms with van der Waals surface area (Å²) in [6, 6.07) is 5.49. The Morgan fingerprint density at radius 2 is 2.07 bits per heavy atom. The molecule has 0 atom stereocenters. The van der Waals surface area contributed by atoms with Crippen molar-refractivity contribution in [3.05, 3.63) is 29.3 Å². The van der Waals surface area contributed by atoms with Gasteiger partial charge in [-0.15, -0.1) is 0 Å². The Kier molecular flexibility index (Phi) is 2.86. The first-order chi connectivity index (χ1) is 6.52. The molecule has 0 aliphatic carbocycles. The second kappa shape index (κ2) is 3.91. The van der Waals surface area contributed by atoms with Crippen LogP contribution >= 0.6 is 0 Å². The molecule has 1 aromatic carbocycles. The van der Waals surface area contributed by atoms with Gasteiger partial charge in [0.25, 0.3) is 0 Å². The number of carboxylic acids is 1. The predicted octanol–water partition coefficient (Wildman–Crippen LogP) is 1.38. The van der Waals surface area contributed by atoms with Crippen LogP contribution in [0.4, 0.5) is 5.69 Å². The fourth-order valence-corrected chi connectivity index (χ4v) is 1.03. The zero-order valence-electron chi connectivity index (χ0n) is 8.11. The summed E-state index contributed by atoms with van der Waals surface area (Å²) in [6.45, 7) is 3.81. The van der Waals surface area contributed by atoms with E-state index in [1.54, 1.807) is 6.07 Å². The van der Waals surface area contributed by atoms with E-state index >= 15 is 0 Å². The van der Waals surface area contributed by atoms with Gasteiger partial charge in [-0.1, -0.05) is 12.1 Å². The molecule has 0 spiro atoms. The summed E-state index contributed by atoms with van der Waals surface area (Å²) >= 11 is 0. The van der Waals surface area contributed by atoms with E-state index < -0.39 is 11.8 Å². The SMILES string of the molecule is Cc1cccc(N=C(N)C(=O)O)c1C. The van der Waals surface area contributed by atoms with Gasteiger partial charge < -0.3 is 10.8 Å². The van der Waals surface area contributed by atoms with Crippen molar-refractivity contribution < 1.29 is 9.90 Å². The van der Waals surface area contributed by atoms with Gasteiger partial charge in [0.2, 0.25) is 5.84 Å². The highest BCUT2D eigenvalue weighted by Gasteiger charge is 2.05. The van der Waals surface area contributed by atoms with Crippen molar-refractivity contribution in [3.8, 4) is 0 Å². The molecule has 0 saturated carbocycles. The zero-order valence-corrected chi connectivity index (χ0v) is 8.11. The van der Waals surface area contributed by atoms with E-state index in [1.165, 1.54) is 0 Å². The number of carboxylic acid groups (broad SMARTS) is 1. The number of amidine groups is 1. The highest BCUT2D eigenvalue weighted by atomic mass is 16.4. The number of benzene rings is 1. The molecule has 0 bridgehead atoms. The van der Waals surface area contributed by atoms with Crippen LogP contribution in [0.15, 0.2) is 23.2 Å². The first kappa shape index (κ1) is 10.2. The molecule has 0 fully saturated rings. The van der Waals surface area contributed by atoms with Crippen molar-refractivity contribution >= 4 is 17.5 Å². The van der Waals surface area contributed by atoms with Crippen molar-refractivity contribution in [2.24, 2.45) is 10.7 Å². The Morgan fingerprint density at radius 3 is 2.64 bits per heavy atom. The minimum Gasteiger partial charge on any atom is -0.475 e. The van der Waals surface area contributed by atoms with Crippen molar-refractivity contribution in [2.45, 2.75) is 13.8 Å². The average molecular weight is 192 g/mol. The fraction of sp³-hybridized carbons (Fsp3) is 0.200. The highest BCUT2D eigenvalue weighted by Crippen LogP contribution is 2.20. The molecule has 0 aliphatic heterocycles. The Bertz CT molecular complexity index is 397. The first-order valence-electron chi connectivity index (χ1n) is 4.16. The number of hydrogen-bond donors (Lipinski definition) is 2. The summed E-state index contributed by atoms with van der Waals surface area (Å²) in [5.41, 5.74) is 7.82. The second-order valence-electron chi connectivity index (χ2n) is 3.02. The Labute approximate surface area is 82.1 Å². The van der Waals surface area contributed by atoms with Gasteiger partial charge in [0.15, 0.2) is 0 Å². The van der Waals surface area contributed by atoms with Crippen LogP contribution in [0.5, 0.6) is 0 Å². The molecule has 0 saturated heterocycles. The molecule has 0 amide bonds. The monoisotopic (exact) mass is 192 g/mol. The third-order valence-electron chi connectivity index (χ3n) is 2.04. The van der Waals surface area contributed by atoms with Crippen LogP contribution in [0.25, 0.3) is 0 Å². The van der Waals surface area contributed by atoms with E-state index in [0.29, 0.717) is 5.69 Å². The van der Waals surface area contributed by atoms with Crippen LogP contribution < -0.4 is 5.73 Å². The van der Waals surface area contributed by atoms with Crippen LogP contribution in [-0.4, -0.2) is 16.9 Å². The molecule has 74 valence electrons. The number of nitrogens with zero attached hydrogens (tertiary/aromatic N) is 1. The molecule has 3 N–H and O–H groups in total. The molecule has 0 radical (unpaired) electrons. The van der Waals surface area contributed by atoms with Crippen molar-refractivity contribution in [1.82, 2.24) is 0 Å². The lowest BCUT2D eigenvalue weighted by atomic mass is 10.1. The van der Waals surface area contributed by atoms with Gasteiger partial charge in [-0.05, 0) is 31.0 Å². The summed E-state index contributed by atoms with van der Waals surface area (Å²) in [5, 5.41) is 8.55. The van der Waals surface area contributed by atoms with Gasteiger partial charge in [0.05, 0.1) is 5.69 Å². The molecular weight excluding hydrogens is 180 g/mol. The summed E-state index contributed by atoms with van der Waals surface area (Å²) < 4.78 is 0. The third kappa shape index (κ3) is 2.10. The Balaban J connectivity index is 3.15. The minimum absolute atomic E-state index is 0.390. The summed E-state index contributed by atoms with van der Waals surface area (Å²) in [7, 11) is 0. The lowest BCUT2D eigenvalue weighted by Crippen LogP contribution is -2.22. The number of carbonyl (C=O) groups is 1. The highest BCUT2D eigenvalue weighted by molar-refractivity contribution is 6.34. The van der Waals surface area contributed by atoms with Crippen molar-refractivity contribution in [1.29, 1.82) is 0 Å². The zero-order chi connectivity index (χ0) is 10.7. The number of aliphatic imine (C=N–C) groups is 1. The maximum atomic E-state index is 10.4. The van der Waals surface area contributed by atoms with E-state index in [-0.39, 0.29) is 0 Å². The van der Waals surface area contributed by atoms with Crippen LogP contribution in [0.3, 0.4) is 0 Å². The van der Waals surface area contributed by atoms with Gasteiger partial charge in [-0.25, -0.2) is 9.79 Å². The van der Waals surface area contributed by atoms with Crippen LogP contribution in [-0.2, 0) is 4.79 Å². The van der Waals surface area contributed by atoms with Crippen molar-refractivity contribution in [3.63, 3.8) is 0 Å². The molecule has 14 heavy (non-hydrogen) atoms. The number of nitrogens with two attached hydrogens (primary N) is 1. The molecule has 4 nitrogen and oxygen atoms in total. The normalized spacial score (nSPS) is 11.4. The van der Waals surface area contributed by atoms with E-state index in [1.807, 2.05) is 26.0 Å². The van der Waals surface area contributed by atoms with Gasteiger partial charge in [-0.3, -0.25) is 0 Å². The maximum Gasteiger partial charge on any atom is 0.371 e. The van der Waals surface area contributed by atoms with Gasteiger partial charge in [0.1, 0.15) is 0 Å². The lowest BCUT2D eigenvalue weighted by molar-refractivity contribution is -0.129. The number of hydrogen-bond acceptors (Lipinski definition) is 2. The summed E-state index contributed by atoms with van der Waals surface area (Å²) in [6.07, 6.45) is 0. The summed E-state index contributed by atoms with van der Waals surface area (Å²) in [5.74, 6) is -1.59. The van der Waals surface area contributed by atoms with Crippen LogP contribution in [0, 0.1) is 13.8 Å². The van der Waals surface area contributed by atoms with Gasteiger partial charge >= 0.3 is 5.97 Å². The quantitative estimate of drug-likeness (QED) is 0.521. The molecular formula is C10H12N2O2. The predicted molar refractivity (Wildman–Crippen MR) is 54.8 cm³/mol. The van der Waals surface area contributed by atoms with Gasteiger partial charge in [0, 0.05) is 0 Å². The van der Waals surface area contributed by atoms with Gasteiger partial charge in [-0.2, -0.15) is 0 Å². The van der Waals surface area contributed by atoms with E-state index in [9.17, 15) is 4.79 Å². The Morgan fingerprint density at radius 1 is 1.43 bits per heavy atom. The molecule has 0 aromatic heterocycles. The first-order valence-corrected chi connectivity index (χ1v) is 4.16. The number of aliphatic carboxylic acids is 1. The second-order valence-corrected chi connectivity index (χ2v) is 3.02. The molecule has 4 heteroatoms. The fourth-order valence-electron chi connectivity index (χ4n) is 1.03. The lowest BCUT2D eigenvalue weighted by Gasteiger charge is -2.03. The average Bonchev–Trinajstić information content (AvgIpc) is 2.12. The molecule has 1 rings (SSSR count). The standard InChI is InChI=1S/C10H12N2O2/c1-6-4-3-5-8(7(6)2)12-9(11)10(13)14/h3-5H,1-2H3,(H2,11,12)(H,13,14). The Hall–Kier alpha value is -1.84. The van der Waals surface area contributed by atoms with Crippen LogP contribution in [0.2, 0.25) is 0 Å². The topological polar surface area (TPSA) is 75.7 Å². The van der Waals surface area contributed by atoms with E-state index in [4.69, 9.17) is 10.8 Å². The number of aryl methyl sites for hydroxylation is 1. The maximum absolute atomic E-state index is 10.4. The smallest absolute Gasteiger partial charge is 0.371 e. The summed E-state index contributed by atoms with van der Waals surface area (Å²) in [4.78, 5) is 14.3. The molecule has 0 aliphatic rings. The van der Waals surface area contributed by atoms with E-state index in [0.717, 1.165) is 11.1 Å². The van der Waals surface area contributed by atoms with Crippen molar-refractivity contribution in [2.75, 3.05) is 0 Å². The minimum atomic E-state index is -1.20. The molecule has 1 aromatic rings. The molecule has 0 unspecified atom stereocenters. The van der Waals surface area contributed by atoms with E-state index in [2.05, 4.69) is 4.99 Å². The largest absolute Gasteiger partial charge is 0.475 e.